The highest BCUT2D eigenvalue weighted by Gasteiger charge is 2.46. The van der Waals surface area contributed by atoms with Crippen LogP contribution in [0.5, 0.6) is 17.2 Å². The lowest BCUT2D eigenvalue weighted by molar-refractivity contribution is -0.140. The van der Waals surface area contributed by atoms with Gasteiger partial charge in [-0.15, -0.1) is 0 Å². The van der Waals surface area contributed by atoms with Crippen LogP contribution in [0.25, 0.3) is 5.76 Å². The fraction of sp³-hybridized carbons (Fsp3) is 0.148. The van der Waals surface area contributed by atoms with Crippen LogP contribution in [-0.2, 0) is 16.1 Å². The first-order chi connectivity index (χ1) is 17.4. The Morgan fingerprint density at radius 1 is 0.972 bits per heavy atom. The molecule has 0 saturated carbocycles. The number of amides is 1. The van der Waals surface area contributed by atoms with Crippen molar-refractivity contribution in [2.75, 3.05) is 13.9 Å². The van der Waals surface area contributed by atoms with E-state index >= 15 is 0 Å². The number of Topliss-reactive ketones (excluding diaryl/α,β-unsaturated/α-hetero) is 1. The van der Waals surface area contributed by atoms with Crippen molar-refractivity contribution < 1.29 is 38.8 Å². The van der Waals surface area contributed by atoms with Gasteiger partial charge in [0.05, 0.1) is 24.3 Å². The van der Waals surface area contributed by atoms with E-state index in [0.29, 0.717) is 33.9 Å². The van der Waals surface area contributed by atoms with Crippen LogP contribution in [0.1, 0.15) is 33.1 Å². The number of hydrogen-bond donors (Lipinski definition) is 2. The lowest BCUT2D eigenvalue weighted by Crippen LogP contribution is -2.29. The van der Waals surface area contributed by atoms with E-state index in [4.69, 9.17) is 19.3 Å². The summed E-state index contributed by atoms with van der Waals surface area (Å²) >= 11 is 0. The van der Waals surface area contributed by atoms with Gasteiger partial charge < -0.3 is 29.3 Å². The molecule has 3 aromatic rings. The summed E-state index contributed by atoms with van der Waals surface area (Å²) in [6.45, 7) is 0.0681. The molecule has 0 radical (unpaired) electrons. The summed E-state index contributed by atoms with van der Waals surface area (Å²) in [7, 11) is 1.51. The molecule has 9 heteroatoms. The number of aliphatic hydroxyl groups excluding tert-OH is 1. The SMILES string of the molecule is COc1cccc(C2/C(=C(/O)c3ccc4c(c3)OCO4)C(=O)C(=O)N2Cc2ccc(C(=O)O)cc2)c1. The van der Waals surface area contributed by atoms with Gasteiger partial charge in [-0.2, -0.15) is 0 Å². The van der Waals surface area contributed by atoms with E-state index in [2.05, 4.69) is 0 Å². The Labute approximate surface area is 205 Å². The van der Waals surface area contributed by atoms with E-state index in [9.17, 15) is 19.5 Å². The summed E-state index contributed by atoms with van der Waals surface area (Å²) in [5.41, 5.74) is 1.52. The molecule has 5 rings (SSSR count). The number of ether oxygens (including phenoxy) is 3. The Morgan fingerprint density at radius 2 is 1.69 bits per heavy atom. The summed E-state index contributed by atoms with van der Waals surface area (Å²) in [6, 6.07) is 16.8. The predicted molar refractivity (Wildman–Crippen MR) is 127 cm³/mol. The van der Waals surface area contributed by atoms with Gasteiger partial charge in [-0.25, -0.2) is 4.79 Å². The van der Waals surface area contributed by atoms with E-state index in [1.165, 1.54) is 24.1 Å². The second-order valence-corrected chi connectivity index (χ2v) is 8.27. The van der Waals surface area contributed by atoms with Crippen molar-refractivity contribution in [1.29, 1.82) is 0 Å². The molecule has 0 bridgehead atoms. The second kappa shape index (κ2) is 9.10. The molecule has 0 aromatic heterocycles. The number of ketones is 1. The van der Waals surface area contributed by atoms with E-state index in [0.717, 1.165) is 0 Å². The highest BCUT2D eigenvalue weighted by atomic mass is 16.7. The Balaban J connectivity index is 1.61. The molecule has 0 aliphatic carbocycles. The maximum absolute atomic E-state index is 13.3. The normalized spacial score (nSPS) is 17.9. The monoisotopic (exact) mass is 487 g/mol. The molecule has 0 spiro atoms. The van der Waals surface area contributed by atoms with Gasteiger partial charge in [-0.05, 0) is 53.6 Å². The quantitative estimate of drug-likeness (QED) is 0.306. The summed E-state index contributed by atoms with van der Waals surface area (Å²) in [6.07, 6.45) is 0. The third-order valence-corrected chi connectivity index (χ3v) is 6.15. The number of carbonyl (C=O) groups is 3. The van der Waals surface area contributed by atoms with Crippen molar-refractivity contribution in [3.63, 3.8) is 0 Å². The smallest absolute Gasteiger partial charge is 0.335 e. The van der Waals surface area contributed by atoms with E-state index in [1.54, 1.807) is 54.6 Å². The topological polar surface area (TPSA) is 123 Å². The summed E-state index contributed by atoms with van der Waals surface area (Å²) in [4.78, 5) is 39.0. The van der Waals surface area contributed by atoms with Crippen LogP contribution in [0.15, 0.2) is 72.3 Å². The molecule has 2 aliphatic rings. The van der Waals surface area contributed by atoms with Crippen molar-refractivity contribution in [3.8, 4) is 17.2 Å². The van der Waals surface area contributed by atoms with Gasteiger partial charge in [0.2, 0.25) is 6.79 Å². The fourth-order valence-corrected chi connectivity index (χ4v) is 4.35. The first kappa shape index (κ1) is 23.0. The van der Waals surface area contributed by atoms with Gasteiger partial charge >= 0.3 is 5.97 Å². The number of nitrogens with zero attached hydrogens (tertiary/aromatic N) is 1. The standard InChI is InChI=1S/C27H21NO8/c1-34-19-4-2-3-17(11-19)23-22(24(29)18-9-10-20-21(12-18)36-14-35-20)25(30)26(31)28(23)13-15-5-7-16(8-6-15)27(32)33/h2-12,23,29H,13-14H2,1H3,(H,32,33)/b24-22-. The van der Waals surface area contributed by atoms with Crippen molar-refractivity contribution in [1.82, 2.24) is 4.90 Å². The minimum absolute atomic E-state index is 0.0181. The minimum Gasteiger partial charge on any atom is -0.507 e. The van der Waals surface area contributed by atoms with Gasteiger partial charge in [-0.1, -0.05) is 24.3 Å². The number of benzene rings is 3. The maximum atomic E-state index is 13.3. The van der Waals surface area contributed by atoms with Crippen LogP contribution >= 0.6 is 0 Å². The lowest BCUT2D eigenvalue weighted by atomic mass is 9.95. The van der Waals surface area contributed by atoms with Gasteiger partial charge in [0.15, 0.2) is 11.5 Å². The molecule has 1 atom stereocenters. The molecule has 2 aliphatic heterocycles. The number of carbonyl (C=O) groups excluding carboxylic acids is 2. The lowest BCUT2D eigenvalue weighted by Gasteiger charge is -2.26. The van der Waals surface area contributed by atoms with Crippen molar-refractivity contribution in [3.05, 3.63) is 94.6 Å². The molecule has 1 unspecified atom stereocenters. The molecule has 2 N–H and O–H groups in total. The molecule has 182 valence electrons. The number of methoxy groups -OCH3 is 1. The number of carboxylic acid groups (broad SMARTS) is 1. The first-order valence-electron chi connectivity index (χ1n) is 11.0. The van der Waals surface area contributed by atoms with Crippen LogP contribution in [0.4, 0.5) is 0 Å². The Bertz CT molecular complexity index is 1410. The Morgan fingerprint density at radius 3 is 2.42 bits per heavy atom. The molecule has 36 heavy (non-hydrogen) atoms. The molecule has 1 amide bonds. The van der Waals surface area contributed by atoms with E-state index in [1.807, 2.05) is 0 Å². The van der Waals surface area contributed by atoms with Gasteiger partial charge in [0.25, 0.3) is 11.7 Å². The molecule has 3 aromatic carbocycles. The molecule has 9 nitrogen and oxygen atoms in total. The third kappa shape index (κ3) is 4.00. The summed E-state index contributed by atoms with van der Waals surface area (Å²) in [5, 5.41) is 20.4. The van der Waals surface area contributed by atoms with Crippen LogP contribution in [0, 0.1) is 0 Å². The number of aromatic carboxylic acids is 1. The van der Waals surface area contributed by atoms with Gasteiger partial charge in [0, 0.05) is 12.1 Å². The Hall–Kier alpha value is -4.79. The number of carboxylic acids is 1. The zero-order chi connectivity index (χ0) is 25.4. The van der Waals surface area contributed by atoms with Gasteiger partial charge in [-0.3, -0.25) is 9.59 Å². The molecule has 1 saturated heterocycles. The average molecular weight is 487 g/mol. The maximum Gasteiger partial charge on any atom is 0.335 e. The summed E-state index contributed by atoms with van der Waals surface area (Å²) < 4.78 is 16.0. The highest BCUT2D eigenvalue weighted by Crippen LogP contribution is 2.42. The van der Waals surface area contributed by atoms with Crippen LogP contribution in [0.2, 0.25) is 0 Å². The predicted octanol–water partition coefficient (Wildman–Crippen LogP) is 3.74. The van der Waals surface area contributed by atoms with Crippen LogP contribution in [-0.4, -0.2) is 46.7 Å². The van der Waals surface area contributed by atoms with E-state index < -0.39 is 23.7 Å². The largest absolute Gasteiger partial charge is 0.507 e. The molecular weight excluding hydrogens is 466 g/mol. The number of rotatable bonds is 6. The zero-order valence-corrected chi connectivity index (χ0v) is 19.1. The van der Waals surface area contributed by atoms with E-state index in [-0.39, 0.29) is 30.2 Å². The number of fused-ring (bicyclic) bond motifs is 1. The molecule has 2 heterocycles. The highest BCUT2D eigenvalue weighted by molar-refractivity contribution is 6.46. The van der Waals surface area contributed by atoms with Crippen LogP contribution < -0.4 is 14.2 Å². The van der Waals surface area contributed by atoms with Gasteiger partial charge in [0.1, 0.15) is 11.5 Å². The summed E-state index contributed by atoms with van der Waals surface area (Å²) in [5.74, 6) is -1.57. The Kier molecular flexibility index (Phi) is 5.81. The van der Waals surface area contributed by atoms with Crippen molar-refractivity contribution >= 4 is 23.4 Å². The minimum atomic E-state index is -1.07. The molecule has 1 fully saturated rings. The van der Waals surface area contributed by atoms with Crippen molar-refractivity contribution in [2.45, 2.75) is 12.6 Å². The average Bonchev–Trinajstić information content (AvgIpc) is 3.46. The fourth-order valence-electron chi connectivity index (χ4n) is 4.35. The number of aliphatic hydroxyl groups is 1. The van der Waals surface area contributed by atoms with Crippen molar-refractivity contribution in [2.24, 2.45) is 0 Å². The van der Waals surface area contributed by atoms with Crippen LogP contribution in [0.3, 0.4) is 0 Å². The third-order valence-electron chi connectivity index (χ3n) is 6.15. The second-order valence-electron chi connectivity index (χ2n) is 8.27. The molecular formula is C27H21NO8. The zero-order valence-electron chi connectivity index (χ0n) is 19.1. The number of hydrogen-bond acceptors (Lipinski definition) is 7. The number of likely N-dealkylation sites (tertiary alicyclic amines) is 1. The first-order valence-corrected chi connectivity index (χ1v) is 11.0.